The number of ether oxygens (including phenoxy) is 4. The zero-order chi connectivity index (χ0) is 26.9. The van der Waals surface area contributed by atoms with Crippen LogP contribution in [0.1, 0.15) is 19.2 Å². The molecule has 3 aromatic rings. The fourth-order valence-electron chi connectivity index (χ4n) is 3.91. The average Bonchev–Trinajstić information content (AvgIpc) is 3.29. The van der Waals surface area contributed by atoms with Crippen LogP contribution >= 0.6 is 11.3 Å². The van der Waals surface area contributed by atoms with Crippen LogP contribution in [0.4, 0.5) is 23.2 Å². The number of rotatable bonds is 11. The molecule has 0 radical (unpaired) electrons. The lowest BCUT2D eigenvalue weighted by atomic mass is 10.1. The summed E-state index contributed by atoms with van der Waals surface area (Å²) in [5.74, 6) is 0.821. The third kappa shape index (κ3) is 5.37. The highest BCUT2D eigenvalue weighted by molar-refractivity contribution is 7.19. The summed E-state index contributed by atoms with van der Waals surface area (Å²) >= 11 is 1.29. The fraction of sp³-hybridized carbons (Fsp3) is 0.417. The first kappa shape index (κ1) is 26.1. The topological polar surface area (TPSA) is 98.9 Å². The first-order valence-electron chi connectivity index (χ1n) is 11.8. The Labute approximate surface area is 220 Å². The van der Waals surface area contributed by atoms with Crippen molar-refractivity contribution in [3.05, 3.63) is 36.2 Å². The molecule has 2 aliphatic heterocycles. The number of alkyl halides is 3. The number of anilines is 1. The van der Waals surface area contributed by atoms with Crippen molar-refractivity contribution >= 4 is 32.8 Å². The molecule has 0 spiro atoms. The van der Waals surface area contributed by atoms with Gasteiger partial charge in [0.05, 0.1) is 31.4 Å². The molecule has 4 heterocycles. The van der Waals surface area contributed by atoms with Crippen molar-refractivity contribution in [1.29, 1.82) is 0 Å². The highest BCUT2D eigenvalue weighted by Crippen LogP contribution is 2.37. The molecule has 202 valence electrons. The smallest absolute Gasteiger partial charge is 0.437 e. The second kappa shape index (κ2) is 10.7. The van der Waals surface area contributed by atoms with Crippen LogP contribution in [0.3, 0.4) is 0 Å². The van der Waals surface area contributed by atoms with E-state index in [1.54, 1.807) is 24.3 Å². The van der Waals surface area contributed by atoms with Crippen LogP contribution in [0.25, 0.3) is 11.4 Å². The van der Waals surface area contributed by atoms with Crippen molar-refractivity contribution in [2.75, 3.05) is 45.4 Å². The van der Waals surface area contributed by atoms with Gasteiger partial charge in [-0.05, 0) is 43.7 Å². The summed E-state index contributed by atoms with van der Waals surface area (Å²) < 4.78 is 64.3. The lowest BCUT2D eigenvalue weighted by molar-refractivity contribution is -0.0567. The Balaban J connectivity index is 1.45. The molecule has 1 saturated heterocycles. The number of thiophene rings is 1. The Bertz CT molecular complexity index is 1370. The van der Waals surface area contributed by atoms with Gasteiger partial charge in [0.1, 0.15) is 28.8 Å². The van der Waals surface area contributed by atoms with E-state index < -0.39 is 17.6 Å². The predicted octanol–water partition coefficient (Wildman–Crippen LogP) is 4.51. The molecule has 0 saturated carbocycles. The molecule has 0 bridgehead atoms. The van der Waals surface area contributed by atoms with E-state index in [0.717, 1.165) is 29.2 Å². The second-order valence-corrected chi connectivity index (χ2v) is 9.35. The van der Waals surface area contributed by atoms with Crippen LogP contribution in [0.5, 0.6) is 11.5 Å². The van der Waals surface area contributed by atoms with Gasteiger partial charge < -0.3 is 23.8 Å². The summed E-state index contributed by atoms with van der Waals surface area (Å²) in [6, 6.07) is 8.43. The maximum absolute atomic E-state index is 14.0. The van der Waals surface area contributed by atoms with E-state index in [4.69, 9.17) is 18.9 Å². The molecule has 0 aliphatic carbocycles. The Morgan fingerprint density at radius 3 is 2.63 bits per heavy atom. The van der Waals surface area contributed by atoms with E-state index >= 15 is 0 Å². The third-order valence-corrected chi connectivity index (χ3v) is 6.90. The van der Waals surface area contributed by atoms with E-state index in [1.807, 2.05) is 13.0 Å². The number of nitrogens with zero attached hydrogens (tertiary/aromatic N) is 6. The van der Waals surface area contributed by atoms with Gasteiger partial charge >= 0.3 is 6.18 Å². The monoisotopic (exact) mass is 550 g/mol. The van der Waals surface area contributed by atoms with Gasteiger partial charge in [-0.3, -0.25) is 0 Å². The van der Waals surface area contributed by atoms with E-state index in [0.29, 0.717) is 35.3 Å². The summed E-state index contributed by atoms with van der Waals surface area (Å²) in [6.45, 7) is 4.68. The number of epoxide rings is 1. The lowest BCUT2D eigenvalue weighted by Gasteiger charge is -2.20. The summed E-state index contributed by atoms with van der Waals surface area (Å²) in [6.07, 6.45) is -4.05. The normalized spacial score (nSPS) is 17.5. The van der Waals surface area contributed by atoms with Gasteiger partial charge in [-0.15, -0.1) is 10.2 Å². The van der Waals surface area contributed by atoms with Crippen molar-refractivity contribution in [2.24, 2.45) is 10.1 Å². The summed E-state index contributed by atoms with van der Waals surface area (Å²) in [5, 5.41) is 13.2. The van der Waals surface area contributed by atoms with E-state index in [-0.39, 0.29) is 17.9 Å². The molecule has 2 aromatic heterocycles. The van der Waals surface area contributed by atoms with Gasteiger partial charge in [-0.2, -0.15) is 22.9 Å². The van der Waals surface area contributed by atoms with Gasteiger partial charge in [0.25, 0.3) is 0 Å². The first-order valence-corrected chi connectivity index (χ1v) is 12.7. The number of hydrogen-bond acceptors (Lipinski definition) is 10. The highest BCUT2D eigenvalue weighted by Gasteiger charge is 2.46. The minimum Gasteiger partial charge on any atom is -0.497 e. The number of aromatic nitrogens is 3. The molecule has 38 heavy (non-hydrogen) atoms. The molecule has 14 heteroatoms. The van der Waals surface area contributed by atoms with Crippen LogP contribution in [-0.2, 0) is 9.47 Å². The van der Waals surface area contributed by atoms with Crippen LogP contribution in [0, 0.1) is 0 Å². The minimum atomic E-state index is -4.75. The Morgan fingerprint density at radius 2 is 1.95 bits per heavy atom. The number of methoxy groups -OCH3 is 2. The third-order valence-electron chi connectivity index (χ3n) is 5.86. The van der Waals surface area contributed by atoms with Crippen LogP contribution < -0.4 is 14.4 Å². The SMILES string of the molecule is CCN(CCCOC1CO1)c1ccc(/N=C2/C(C(F)(F)F)=Nn3c2nnc3-c2cc(OC)ccc2OC)s1. The lowest BCUT2D eigenvalue weighted by Crippen LogP contribution is -2.29. The van der Waals surface area contributed by atoms with Gasteiger partial charge in [0.15, 0.2) is 17.8 Å². The van der Waals surface area contributed by atoms with Gasteiger partial charge in [0.2, 0.25) is 5.82 Å². The van der Waals surface area contributed by atoms with Gasteiger partial charge in [0, 0.05) is 13.1 Å². The van der Waals surface area contributed by atoms with Gasteiger partial charge in [-0.25, -0.2) is 4.99 Å². The van der Waals surface area contributed by atoms with Crippen molar-refractivity contribution in [3.63, 3.8) is 0 Å². The number of hydrogen-bond donors (Lipinski definition) is 0. The van der Waals surface area contributed by atoms with E-state index in [9.17, 15) is 13.2 Å². The molecular weight excluding hydrogens is 525 g/mol. The Kier molecular flexibility index (Phi) is 7.36. The van der Waals surface area contributed by atoms with Crippen molar-refractivity contribution in [3.8, 4) is 22.9 Å². The van der Waals surface area contributed by atoms with Crippen LogP contribution in [0.2, 0.25) is 0 Å². The number of fused-ring (bicyclic) bond motifs is 1. The summed E-state index contributed by atoms with van der Waals surface area (Å²) in [7, 11) is 2.93. The minimum absolute atomic E-state index is 0.0746. The fourth-order valence-corrected chi connectivity index (χ4v) is 4.89. The molecule has 5 rings (SSSR count). The van der Waals surface area contributed by atoms with Gasteiger partial charge in [-0.1, -0.05) is 11.3 Å². The van der Waals surface area contributed by atoms with E-state index in [2.05, 4.69) is 25.2 Å². The number of aliphatic imine (C=N–C) groups is 1. The molecule has 1 unspecified atom stereocenters. The highest BCUT2D eigenvalue weighted by atomic mass is 32.1. The second-order valence-electron chi connectivity index (χ2n) is 8.31. The Hall–Kier alpha value is -3.49. The molecule has 2 aliphatic rings. The predicted molar refractivity (Wildman–Crippen MR) is 136 cm³/mol. The van der Waals surface area contributed by atoms with Crippen molar-refractivity contribution in [2.45, 2.75) is 25.8 Å². The number of benzene rings is 1. The van der Waals surface area contributed by atoms with Crippen LogP contribution in [0.15, 0.2) is 40.4 Å². The molecule has 1 fully saturated rings. The standard InChI is InChI=1S/C24H25F3N6O4S/c1-4-32(10-5-11-36-19-13-37-19)18-9-8-17(38-18)28-20-21(24(25,26)27)31-33-22(29-30-23(20)33)15-12-14(34-2)6-7-16(15)35-3/h6-9,12,19H,4-5,10-11,13H2,1-3H3/b28-20-. The Morgan fingerprint density at radius 1 is 1.16 bits per heavy atom. The first-order chi connectivity index (χ1) is 18.3. The molecule has 0 amide bonds. The van der Waals surface area contributed by atoms with Crippen LogP contribution in [-0.4, -0.2) is 79.3 Å². The quantitative estimate of drug-likeness (QED) is 0.256. The maximum atomic E-state index is 14.0. The van der Waals surface area contributed by atoms with Crippen molar-refractivity contribution < 1.29 is 32.1 Å². The zero-order valence-electron chi connectivity index (χ0n) is 20.9. The molecular formula is C24H25F3N6O4S. The molecule has 1 atom stereocenters. The average molecular weight is 551 g/mol. The molecule has 10 nitrogen and oxygen atoms in total. The zero-order valence-corrected chi connectivity index (χ0v) is 21.7. The van der Waals surface area contributed by atoms with E-state index in [1.165, 1.54) is 25.6 Å². The summed E-state index contributed by atoms with van der Waals surface area (Å²) in [4.78, 5) is 6.45. The largest absolute Gasteiger partial charge is 0.497 e. The molecule has 0 N–H and O–H groups in total. The molecule has 1 aromatic carbocycles. The summed E-state index contributed by atoms with van der Waals surface area (Å²) in [5.41, 5.74) is -1.16. The number of halogens is 3. The van der Waals surface area contributed by atoms with Crippen molar-refractivity contribution in [1.82, 2.24) is 14.9 Å². The maximum Gasteiger partial charge on any atom is 0.437 e.